The Morgan fingerprint density at radius 2 is 1.69 bits per heavy atom. The number of ether oxygens (including phenoxy) is 1. The van der Waals surface area contributed by atoms with Crippen LogP contribution in [0.4, 0.5) is 18.9 Å². The number of carbonyl (C=O) groups is 2. The Balaban J connectivity index is 1.32. The van der Waals surface area contributed by atoms with Gasteiger partial charge < -0.3 is 20.7 Å². The maximum absolute atomic E-state index is 12.9. The molecule has 0 bridgehead atoms. The van der Waals surface area contributed by atoms with Gasteiger partial charge >= 0.3 is 6.18 Å². The van der Waals surface area contributed by atoms with Crippen molar-refractivity contribution < 1.29 is 27.5 Å². The minimum absolute atomic E-state index is 0.114. The lowest BCUT2D eigenvalue weighted by molar-refractivity contribution is -0.131. The molecule has 2 fully saturated rings. The number of nitrogens with zero attached hydrogens (tertiary/aromatic N) is 2. The molecule has 0 saturated heterocycles. The number of hydrogen-bond acceptors (Lipinski definition) is 5. The summed E-state index contributed by atoms with van der Waals surface area (Å²) in [5, 5.41) is 8.80. The van der Waals surface area contributed by atoms with Gasteiger partial charge in [0.05, 0.1) is 17.6 Å². The lowest BCUT2D eigenvalue weighted by Gasteiger charge is -2.14. The number of rotatable bonds is 10. The Hall–Kier alpha value is -4.54. The summed E-state index contributed by atoms with van der Waals surface area (Å²) < 4.78 is 46.6. The molecular weight excluding hydrogens is 547 g/mol. The summed E-state index contributed by atoms with van der Waals surface area (Å²) in [6, 6.07) is 16.0. The average molecular weight is 578 g/mol. The summed E-state index contributed by atoms with van der Waals surface area (Å²) in [6.45, 7) is 1.52. The van der Waals surface area contributed by atoms with E-state index in [0.29, 0.717) is 39.3 Å². The van der Waals surface area contributed by atoms with E-state index in [1.54, 1.807) is 53.4 Å². The maximum atomic E-state index is 12.9. The van der Waals surface area contributed by atoms with Gasteiger partial charge in [-0.1, -0.05) is 6.07 Å². The molecule has 2 aliphatic carbocycles. The first-order valence-corrected chi connectivity index (χ1v) is 14.0. The largest absolute Gasteiger partial charge is 0.457 e. The summed E-state index contributed by atoms with van der Waals surface area (Å²) in [5.74, 6) is 0.468. The molecule has 4 aromatic rings. The molecule has 42 heavy (non-hydrogen) atoms. The molecule has 2 aliphatic rings. The van der Waals surface area contributed by atoms with E-state index in [2.05, 4.69) is 20.9 Å². The van der Waals surface area contributed by atoms with Crippen LogP contribution in [0.5, 0.6) is 11.5 Å². The monoisotopic (exact) mass is 577 g/mol. The molecule has 0 unspecified atom stereocenters. The fourth-order valence-corrected chi connectivity index (χ4v) is 4.71. The van der Waals surface area contributed by atoms with E-state index in [1.165, 1.54) is 0 Å². The first-order valence-electron chi connectivity index (χ1n) is 14.0. The average Bonchev–Trinajstić information content (AvgIpc) is 3.87. The molecule has 2 amide bonds. The van der Waals surface area contributed by atoms with E-state index in [-0.39, 0.29) is 30.4 Å². The first kappa shape index (κ1) is 27.6. The number of imidazole rings is 1. The number of aryl methyl sites for hydroxylation is 1. The van der Waals surface area contributed by atoms with Crippen LogP contribution in [-0.4, -0.2) is 46.2 Å². The molecule has 1 aromatic heterocycles. The number of nitrogens with one attached hydrogen (secondary N) is 3. The van der Waals surface area contributed by atoms with Crippen molar-refractivity contribution in [2.75, 3.05) is 11.9 Å². The second kappa shape index (κ2) is 11.0. The molecule has 0 radical (unpaired) electrons. The van der Waals surface area contributed by atoms with E-state index >= 15 is 0 Å². The van der Waals surface area contributed by atoms with Crippen LogP contribution in [0.3, 0.4) is 0 Å². The molecule has 0 aliphatic heterocycles. The molecule has 3 aromatic carbocycles. The second-order valence-corrected chi connectivity index (χ2v) is 10.9. The van der Waals surface area contributed by atoms with E-state index in [0.717, 1.165) is 36.9 Å². The number of anilines is 1. The molecule has 8 nitrogen and oxygen atoms in total. The highest BCUT2D eigenvalue weighted by Crippen LogP contribution is 2.34. The normalized spacial score (nSPS) is 15.0. The number of carbonyl (C=O) groups excluding carboxylic acids is 2. The van der Waals surface area contributed by atoms with Gasteiger partial charge in [0.2, 0.25) is 0 Å². The van der Waals surface area contributed by atoms with Gasteiger partial charge in [0.25, 0.3) is 11.8 Å². The van der Waals surface area contributed by atoms with Crippen LogP contribution in [0.25, 0.3) is 16.7 Å². The van der Waals surface area contributed by atoms with Crippen molar-refractivity contribution in [2.45, 2.75) is 57.3 Å². The van der Waals surface area contributed by atoms with Gasteiger partial charge in [-0.3, -0.25) is 14.2 Å². The summed E-state index contributed by atoms with van der Waals surface area (Å²) in [4.78, 5) is 29.7. The van der Waals surface area contributed by atoms with Crippen LogP contribution >= 0.6 is 0 Å². The Morgan fingerprint density at radius 3 is 2.38 bits per heavy atom. The van der Waals surface area contributed by atoms with Crippen LogP contribution in [0.2, 0.25) is 0 Å². The minimum Gasteiger partial charge on any atom is -0.457 e. The Bertz CT molecular complexity index is 1660. The Kier molecular flexibility index (Phi) is 7.26. The SMILES string of the molecule is Cc1cc(-n2cnc3c(NCCC(F)(F)F)cc(Oc4cccc(C(=O)NC5CC5)c4)cc32)ccc1C(=O)NC1CC1. The van der Waals surface area contributed by atoms with Crippen molar-refractivity contribution >= 4 is 28.5 Å². The molecular formula is C31H30F3N5O3. The van der Waals surface area contributed by atoms with Crippen molar-refractivity contribution in [3.8, 4) is 17.2 Å². The molecule has 3 N–H and O–H groups in total. The van der Waals surface area contributed by atoms with E-state index in [4.69, 9.17) is 4.74 Å². The fourth-order valence-electron chi connectivity index (χ4n) is 4.71. The Labute approximate surface area is 240 Å². The zero-order valence-electron chi connectivity index (χ0n) is 22.9. The first-order chi connectivity index (χ1) is 20.1. The summed E-state index contributed by atoms with van der Waals surface area (Å²) in [5.41, 5.74) is 3.99. The third kappa shape index (κ3) is 6.50. The number of halogens is 3. The third-order valence-electron chi connectivity index (χ3n) is 7.24. The standard InChI is InChI=1S/C31H30F3N5O3/c1-18-13-22(9-10-25(18)30(41)38-21-7-8-21)39-17-36-28-26(35-12-11-31(32,33)34)15-24(16-27(28)39)42-23-4-2-3-19(14-23)29(40)37-20-5-6-20/h2-4,9-10,13-17,20-21,35H,5-8,11-12H2,1H3,(H,37,40)(H,38,41). The maximum Gasteiger partial charge on any atom is 0.390 e. The van der Waals surface area contributed by atoms with Crippen molar-refractivity contribution in [3.05, 3.63) is 77.6 Å². The Morgan fingerprint density at radius 1 is 0.952 bits per heavy atom. The van der Waals surface area contributed by atoms with Crippen molar-refractivity contribution in [2.24, 2.45) is 0 Å². The van der Waals surface area contributed by atoms with Crippen molar-refractivity contribution in [1.82, 2.24) is 20.2 Å². The van der Waals surface area contributed by atoms with E-state index in [1.807, 2.05) is 19.1 Å². The lowest BCUT2D eigenvalue weighted by atomic mass is 10.1. The predicted octanol–water partition coefficient (Wildman–Crippen LogP) is 6.27. The topological polar surface area (TPSA) is 97.3 Å². The van der Waals surface area contributed by atoms with Crippen LogP contribution in [0, 0.1) is 6.92 Å². The zero-order chi connectivity index (χ0) is 29.4. The summed E-state index contributed by atoms with van der Waals surface area (Å²) in [6.07, 6.45) is 0.182. The number of hydrogen-bond donors (Lipinski definition) is 3. The number of fused-ring (bicyclic) bond motifs is 1. The number of aromatic nitrogens is 2. The molecule has 2 saturated carbocycles. The van der Waals surface area contributed by atoms with Gasteiger partial charge in [-0.25, -0.2) is 4.98 Å². The van der Waals surface area contributed by atoms with Gasteiger partial charge in [-0.2, -0.15) is 13.2 Å². The van der Waals surface area contributed by atoms with E-state index < -0.39 is 12.6 Å². The number of benzene rings is 3. The van der Waals surface area contributed by atoms with Gasteiger partial charge in [0, 0.05) is 47.6 Å². The van der Waals surface area contributed by atoms with Crippen molar-refractivity contribution in [3.63, 3.8) is 0 Å². The minimum atomic E-state index is -4.31. The highest BCUT2D eigenvalue weighted by Gasteiger charge is 2.27. The summed E-state index contributed by atoms with van der Waals surface area (Å²) in [7, 11) is 0. The van der Waals surface area contributed by atoms with Crippen LogP contribution in [-0.2, 0) is 0 Å². The molecule has 11 heteroatoms. The van der Waals surface area contributed by atoms with Gasteiger partial charge in [-0.15, -0.1) is 0 Å². The van der Waals surface area contributed by atoms with Gasteiger partial charge in [-0.05, 0) is 74.6 Å². The zero-order valence-corrected chi connectivity index (χ0v) is 22.9. The smallest absolute Gasteiger partial charge is 0.390 e. The molecule has 6 rings (SSSR count). The van der Waals surface area contributed by atoms with Crippen molar-refractivity contribution in [1.29, 1.82) is 0 Å². The molecule has 1 heterocycles. The quantitative estimate of drug-likeness (QED) is 0.206. The second-order valence-electron chi connectivity index (χ2n) is 10.9. The molecule has 218 valence electrons. The van der Waals surface area contributed by atoms with Gasteiger partial charge in [0.1, 0.15) is 23.3 Å². The third-order valence-corrected chi connectivity index (χ3v) is 7.24. The molecule has 0 spiro atoms. The van der Waals surface area contributed by atoms with Crippen LogP contribution in [0.15, 0.2) is 60.9 Å². The lowest BCUT2D eigenvalue weighted by Crippen LogP contribution is -2.26. The highest BCUT2D eigenvalue weighted by atomic mass is 19.4. The predicted molar refractivity (Wildman–Crippen MR) is 152 cm³/mol. The fraction of sp³-hybridized carbons (Fsp3) is 0.323. The van der Waals surface area contributed by atoms with E-state index in [9.17, 15) is 22.8 Å². The highest BCUT2D eigenvalue weighted by molar-refractivity contribution is 5.97. The van der Waals surface area contributed by atoms with Crippen LogP contribution < -0.4 is 20.7 Å². The summed E-state index contributed by atoms with van der Waals surface area (Å²) >= 11 is 0. The number of amides is 2. The molecule has 0 atom stereocenters. The van der Waals surface area contributed by atoms with Crippen LogP contribution in [0.1, 0.15) is 58.4 Å². The number of alkyl halides is 3. The van der Waals surface area contributed by atoms with Gasteiger partial charge in [0.15, 0.2) is 0 Å².